The second-order valence-electron chi connectivity index (χ2n) is 9.34. The number of nitrogens with zero attached hydrogens (tertiary/aromatic N) is 1. The van der Waals surface area contributed by atoms with Gasteiger partial charge < -0.3 is 23.7 Å². The molecule has 0 aromatic heterocycles. The monoisotopic (exact) mass is 621 g/mol. The van der Waals surface area contributed by atoms with Crippen molar-refractivity contribution in [2.24, 2.45) is 0 Å². The van der Waals surface area contributed by atoms with E-state index in [1.807, 2.05) is 25.2 Å². The van der Waals surface area contributed by atoms with Crippen LogP contribution < -0.4 is 24.4 Å². The molecule has 0 N–H and O–H groups in total. The molecule has 0 heterocycles. The van der Waals surface area contributed by atoms with Crippen molar-refractivity contribution in [2.75, 3.05) is 48.6 Å². The van der Waals surface area contributed by atoms with Crippen LogP contribution in [0.1, 0.15) is 33.9 Å². The summed E-state index contributed by atoms with van der Waals surface area (Å²) in [6.07, 6.45) is 1.40. The third-order valence-electron chi connectivity index (χ3n) is 7.04. The number of carbonyl (C=O) groups excluding carboxylic acids is 1. The van der Waals surface area contributed by atoms with Gasteiger partial charge in [0.15, 0.2) is 23.9 Å². The van der Waals surface area contributed by atoms with Crippen LogP contribution in [0, 0.1) is 11.8 Å². The molecule has 0 saturated carbocycles. The fourth-order valence-electron chi connectivity index (χ4n) is 5.05. The predicted molar refractivity (Wildman–Crippen MR) is 160 cm³/mol. The van der Waals surface area contributed by atoms with Gasteiger partial charge >= 0.3 is 5.97 Å². The van der Waals surface area contributed by atoms with Gasteiger partial charge in [0.1, 0.15) is 0 Å². The summed E-state index contributed by atoms with van der Waals surface area (Å²) in [5.41, 5.74) is 3.75. The molecule has 0 saturated heterocycles. The van der Waals surface area contributed by atoms with Crippen molar-refractivity contribution in [1.29, 1.82) is 0 Å². The van der Waals surface area contributed by atoms with Gasteiger partial charge in [-0.3, -0.25) is 9.69 Å². The number of esters is 1. The van der Waals surface area contributed by atoms with Crippen molar-refractivity contribution in [3.63, 3.8) is 0 Å². The number of carbonyl (C=O) groups is 1. The lowest BCUT2D eigenvalue weighted by Gasteiger charge is -2.26. The number of ether oxygens (including phenoxy) is 5. The van der Waals surface area contributed by atoms with Crippen LogP contribution in [0.25, 0.3) is 11.1 Å². The Morgan fingerprint density at radius 1 is 0.951 bits per heavy atom. The van der Waals surface area contributed by atoms with Gasteiger partial charge in [0, 0.05) is 16.1 Å². The van der Waals surface area contributed by atoms with E-state index in [0.717, 1.165) is 22.3 Å². The molecule has 0 bridgehead atoms. The van der Waals surface area contributed by atoms with Gasteiger partial charge in [-0.15, -0.1) is 0 Å². The second kappa shape index (κ2) is 13.6. The maximum atomic E-state index is 13.1. The lowest BCUT2D eigenvalue weighted by atomic mass is 9.95. The van der Waals surface area contributed by atoms with E-state index in [2.05, 4.69) is 32.7 Å². The van der Waals surface area contributed by atoms with Gasteiger partial charge in [-0.1, -0.05) is 30.0 Å². The van der Waals surface area contributed by atoms with Crippen LogP contribution in [-0.4, -0.2) is 59.5 Å². The summed E-state index contributed by atoms with van der Waals surface area (Å²) in [4.78, 5) is 27.5. The summed E-state index contributed by atoms with van der Waals surface area (Å²) in [7, 11) is 8.19. The molecule has 3 aromatic carbocycles. The smallest absolute Gasteiger partial charge is 0.340 e. The molecule has 0 radical (unpaired) electrons. The zero-order valence-corrected chi connectivity index (χ0v) is 25.3. The number of methoxy groups -OCH3 is 4. The van der Waals surface area contributed by atoms with E-state index in [1.54, 1.807) is 51.7 Å². The Balaban J connectivity index is 1.66. The van der Waals surface area contributed by atoms with Crippen molar-refractivity contribution in [3.8, 4) is 46.0 Å². The highest BCUT2D eigenvalue weighted by molar-refractivity contribution is 9.10. The second-order valence-corrected chi connectivity index (χ2v) is 10.2. The minimum Gasteiger partial charge on any atom is -0.493 e. The molecule has 1 aliphatic carbocycles. The van der Waals surface area contributed by atoms with Crippen molar-refractivity contribution in [3.05, 3.63) is 79.9 Å². The number of aryl methyl sites for hydroxylation is 1. The Kier molecular flexibility index (Phi) is 9.92. The fraction of sp³-hybridized carbons (Fsp3) is 0.312. The van der Waals surface area contributed by atoms with Crippen molar-refractivity contribution >= 4 is 21.9 Å². The lowest BCUT2D eigenvalue weighted by Crippen LogP contribution is -2.26. The standard InChI is InChI=1S/C32H32BrNO7/c1-34(16-8-9-17-41-32(36)22-10-6-7-11-24(22)33)25-14-12-20-18-28(38-3)30(39-4)31(40-5)29(20)21-13-15-27(37-2)26(35)19-23(21)25/h6-7,10-11,13,15,18-19,25H,12,14,16-17H2,1-5H3/t25-/m0/s1. The predicted octanol–water partition coefficient (Wildman–Crippen LogP) is 5.29. The Morgan fingerprint density at radius 2 is 1.68 bits per heavy atom. The van der Waals surface area contributed by atoms with Gasteiger partial charge in [0.05, 0.1) is 40.5 Å². The van der Waals surface area contributed by atoms with E-state index < -0.39 is 5.97 Å². The third kappa shape index (κ3) is 6.34. The van der Waals surface area contributed by atoms with Gasteiger partial charge in [-0.05, 0) is 82.8 Å². The van der Waals surface area contributed by atoms with Crippen molar-refractivity contribution in [1.82, 2.24) is 4.90 Å². The summed E-state index contributed by atoms with van der Waals surface area (Å²) in [6, 6.07) is 14.1. The van der Waals surface area contributed by atoms with E-state index in [-0.39, 0.29) is 23.8 Å². The average Bonchev–Trinajstić information content (AvgIpc) is 3.23. The maximum Gasteiger partial charge on any atom is 0.340 e. The molecule has 1 atom stereocenters. The Morgan fingerprint density at radius 3 is 2.37 bits per heavy atom. The topological polar surface area (TPSA) is 83.5 Å². The molecule has 0 aliphatic heterocycles. The SMILES string of the molecule is COc1cc2c(c(OC)c1OC)-c1ccc(OC)c(=O)cc1[C@@H](N(C)CC#CCOC(=O)c1ccccc1Br)CC2. The van der Waals surface area contributed by atoms with E-state index >= 15 is 0 Å². The summed E-state index contributed by atoms with van der Waals surface area (Å²) in [6.45, 7) is 0.356. The Bertz CT molecular complexity index is 1560. The van der Waals surface area contributed by atoms with Crippen LogP contribution in [0.2, 0.25) is 0 Å². The quantitative estimate of drug-likeness (QED) is 0.248. The normalized spacial score (nSPS) is 13.6. The molecule has 9 heteroatoms. The first-order valence-electron chi connectivity index (χ1n) is 13.0. The molecule has 3 aromatic rings. The number of hydrogen-bond acceptors (Lipinski definition) is 8. The van der Waals surface area contributed by atoms with Crippen molar-refractivity contribution in [2.45, 2.75) is 18.9 Å². The van der Waals surface area contributed by atoms with E-state index in [9.17, 15) is 9.59 Å². The first-order valence-corrected chi connectivity index (χ1v) is 13.8. The first-order chi connectivity index (χ1) is 19.8. The third-order valence-corrected chi connectivity index (χ3v) is 7.74. The van der Waals surface area contributed by atoms with Crippen LogP contribution in [-0.2, 0) is 11.2 Å². The minimum atomic E-state index is -0.445. The highest BCUT2D eigenvalue weighted by Crippen LogP contribution is 2.50. The van der Waals surface area contributed by atoms with Crippen LogP contribution in [0.4, 0.5) is 0 Å². The fourth-order valence-corrected chi connectivity index (χ4v) is 5.50. The van der Waals surface area contributed by atoms with Gasteiger partial charge in [-0.2, -0.15) is 0 Å². The van der Waals surface area contributed by atoms with Crippen molar-refractivity contribution < 1.29 is 28.5 Å². The van der Waals surface area contributed by atoms with E-state index in [0.29, 0.717) is 46.7 Å². The molecule has 0 unspecified atom stereocenters. The largest absolute Gasteiger partial charge is 0.493 e. The van der Waals surface area contributed by atoms with Crippen LogP contribution >= 0.6 is 15.9 Å². The zero-order valence-electron chi connectivity index (χ0n) is 23.7. The molecule has 0 amide bonds. The lowest BCUT2D eigenvalue weighted by molar-refractivity contribution is 0.0555. The molecule has 0 spiro atoms. The Labute approximate surface area is 248 Å². The molecule has 1 aliphatic rings. The number of halogens is 1. The van der Waals surface area contributed by atoms with Gasteiger partial charge in [0.25, 0.3) is 0 Å². The minimum absolute atomic E-state index is 0.0334. The van der Waals surface area contributed by atoms with Gasteiger partial charge in [0.2, 0.25) is 11.2 Å². The molecule has 214 valence electrons. The molecular weight excluding hydrogens is 590 g/mol. The van der Waals surface area contributed by atoms with Crippen LogP contribution in [0.5, 0.6) is 23.0 Å². The summed E-state index contributed by atoms with van der Waals surface area (Å²) in [5.74, 6) is 7.42. The summed E-state index contributed by atoms with van der Waals surface area (Å²) >= 11 is 3.36. The number of rotatable bonds is 8. The molecule has 41 heavy (non-hydrogen) atoms. The maximum absolute atomic E-state index is 13.1. The number of hydrogen-bond donors (Lipinski definition) is 0. The molecule has 8 nitrogen and oxygen atoms in total. The summed E-state index contributed by atoms with van der Waals surface area (Å²) in [5, 5.41) is 0. The summed E-state index contributed by atoms with van der Waals surface area (Å²) < 4.78 is 28.5. The van der Waals surface area contributed by atoms with E-state index in [1.165, 1.54) is 7.11 Å². The zero-order chi connectivity index (χ0) is 29.5. The first kappa shape index (κ1) is 30.0. The van der Waals surface area contributed by atoms with Crippen LogP contribution in [0.3, 0.4) is 0 Å². The average molecular weight is 623 g/mol. The highest BCUT2D eigenvalue weighted by atomic mass is 79.9. The molecular formula is C32H32BrNO7. The highest BCUT2D eigenvalue weighted by Gasteiger charge is 2.30. The van der Waals surface area contributed by atoms with Gasteiger partial charge in [-0.25, -0.2) is 4.79 Å². The Hall–Kier alpha value is -4.00. The number of benzene rings is 2. The van der Waals surface area contributed by atoms with Crippen LogP contribution in [0.15, 0.2) is 57.8 Å². The van der Waals surface area contributed by atoms with E-state index in [4.69, 9.17) is 23.7 Å². The number of fused-ring (bicyclic) bond motifs is 3. The molecule has 0 fully saturated rings. The molecule has 4 rings (SSSR count).